The molecule has 2 unspecified atom stereocenters. The predicted octanol–water partition coefficient (Wildman–Crippen LogP) is 2.33. The van der Waals surface area contributed by atoms with Crippen LogP contribution in [0.2, 0.25) is 0 Å². The summed E-state index contributed by atoms with van der Waals surface area (Å²) < 4.78 is 5.47. The van der Waals surface area contributed by atoms with Crippen molar-refractivity contribution in [3.63, 3.8) is 0 Å². The number of hydrogen-bond acceptors (Lipinski definition) is 3. The summed E-state index contributed by atoms with van der Waals surface area (Å²) in [6, 6.07) is 0.195. The molecule has 0 aromatic heterocycles. The Kier molecular flexibility index (Phi) is 6.97. The first-order valence-electron chi connectivity index (χ1n) is 8.79. The van der Waals surface area contributed by atoms with Crippen LogP contribution in [0.5, 0.6) is 0 Å². The molecule has 2 N–H and O–H groups in total. The first kappa shape index (κ1) is 16.8. The first-order valence-corrected chi connectivity index (χ1v) is 8.79. The quantitative estimate of drug-likeness (QED) is 0.758. The van der Waals surface area contributed by atoms with Gasteiger partial charge in [-0.2, -0.15) is 0 Å². The Hall–Kier alpha value is -0.610. The van der Waals surface area contributed by atoms with Crippen molar-refractivity contribution in [1.29, 1.82) is 0 Å². The summed E-state index contributed by atoms with van der Waals surface area (Å²) in [4.78, 5) is 12.3. The molecule has 4 nitrogen and oxygen atoms in total. The Morgan fingerprint density at radius 2 is 1.90 bits per heavy atom. The predicted molar refractivity (Wildman–Crippen MR) is 85.1 cm³/mol. The maximum Gasteiger partial charge on any atom is 0.227 e. The van der Waals surface area contributed by atoms with Crippen LogP contribution >= 0.6 is 0 Å². The first-order chi connectivity index (χ1) is 10.2. The van der Waals surface area contributed by atoms with Crippen molar-refractivity contribution in [2.24, 2.45) is 17.8 Å². The standard InChI is InChI=1S/C17H32N2O2/c1-3-9-18-16-12-21-11-15(16)17(20)19-10-8-14-6-4-13(2)5-7-14/h13-16,18H,3-12H2,1-2H3,(H,19,20). The van der Waals surface area contributed by atoms with Gasteiger partial charge < -0.3 is 15.4 Å². The third-order valence-corrected chi connectivity index (χ3v) is 5.06. The fourth-order valence-corrected chi connectivity index (χ4v) is 3.49. The van der Waals surface area contributed by atoms with Gasteiger partial charge in [-0.25, -0.2) is 0 Å². The molecule has 1 heterocycles. The van der Waals surface area contributed by atoms with Crippen LogP contribution in [-0.2, 0) is 9.53 Å². The average Bonchev–Trinajstić information content (AvgIpc) is 2.95. The summed E-state index contributed by atoms with van der Waals surface area (Å²) >= 11 is 0. The van der Waals surface area contributed by atoms with Crippen molar-refractivity contribution in [3.8, 4) is 0 Å². The van der Waals surface area contributed by atoms with E-state index in [9.17, 15) is 4.79 Å². The van der Waals surface area contributed by atoms with Crippen molar-refractivity contribution >= 4 is 5.91 Å². The topological polar surface area (TPSA) is 50.4 Å². The molecule has 1 saturated carbocycles. The lowest BCUT2D eigenvalue weighted by atomic mass is 9.81. The Balaban J connectivity index is 1.64. The molecule has 0 bridgehead atoms. The van der Waals surface area contributed by atoms with E-state index < -0.39 is 0 Å². The largest absolute Gasteiger partial charge is 0.379 e. The summed E-state index contributed by atoms with van der Waals surface area (Å²) in [5.74, 6) is 1.88. The molecule has 1 aliphatic carbocycles. The van der Waals surface area contributed by atoms with Gasteiger partial charge in [-0.05, 0) is 31.2 Å². The van der Waals surface area contributed by atoms with E-state index in [1.807, 2.05) is 0 Å². The number of ether oxygens (including phenoxy) is 1. The maximum absolute atomic E-state index is 12.3. The number of carbonyl (C=O) groups is 1. The number of amides is 1. The van der Waals surface area contributed by atoms with Crippen molar-refractivity contribution in [3.05, 3.63) is 0 Å². The molecule has 2 rings (SSSR count). The average molecular weight is 296 g/mol. The van der Waals surface area contributed by atoms with Crippen LogP contribution in [0.1, 0.15) is 52.4 Å². The van der Waals surface area contributed by atoms with Gasteiger partial charge in [0.1, 0.15) is 0 Å². The monoisotopic (exact) mass is 296 g/mol. The van der Waals surface area contributed by atoms with Crippen molar-refractivity contribution in [2.75, 3.05) is 26.3 Å². The summed E-state index contributed by atoms with van der Waals surface area (Å²) in [6.07, 6.45) is 7.62. The van der Waals surface area contributed by atoms with Crippen LogP contribution < -0.4 is 10.6 Å². The highest BCUT2D eigenvalue weighted by atomic mass is 16.5. The lowest BCUT2D eigenvalue weighted by Gasteiger charge is -2.26. The van der Waals surface area contributed by atoms with Gasteiger partial charge in [-0.3, -0.25) is 4.79 Å². The van der Waals surface area contributed by atoms with E-state index in [0.29, 0.717) is 13.2 Å². The highest BCUT2D eigenvalue weighted by Gasteiger charge is 2.33. The zero-order valence-corrected chi connectivity index (χ0v) is 13.7. The minimum Gasteiger partial charge on any atom is -0.379 e. The van der Waals surface area contributed by atoms with Crippen LogP contribution in [0.25, 0.3) is 0 Å². The van der Waals surface area contributed by atoms with Crippen LogP contribution in [-0.4, -0.2) is 38.3 Å². The van der Waals surface area contributed by atoms with Gasteiger partial charge in [0.05, 0.1) is 19.1 Å². The SMILES string of the molecule is CCCNC1COCC1C(=O)NCCC1CCC(C)CC1. The third kappa shape index (κ3) is 5.26. The smallest absolute Gasteiger partial charge is 0.227 e. The fraction of sp³-hybridized carbons (Fsp3) is 0.941. The highest BCUT2D eigenvalue weighted by Crippen LogP contribution is 2.29. The molecule has 0 aromatic rings. The van der Waals surface area contributed by atoms with Crippen molar-refractivity contribution in [2.45, 2.75) is 58.4 Å². The molecule has 0 aromatic carbocycles. The zero-order chi connectivity index (χ0) is 15.1. The van der Waals surface area contributed by atoms with Gasteiger partial charge in [-0.1, -0.05) is 39.5 Å². The van der Waals surface area contributed by atoms with Gasteiger partial charge in [0.2, 0.25) is 5.91 Å². The normalized spacial score (nSPS) is 33.0. The van der Waals surface area contributed by atoms with Gasteiger partial charge in [0, 0.05) is 12.6 Å². The van der Waals surface area contributed by atoms with Gasteiger partial charge >= 0.3 is 0 Å². The van der Waals surface area contributed by atoms with E-state index >= 15 is 0 Å². The number of carbonyl (C=O) groups excluding carboxylic acids is 1. The van der Waals surface area contributed by atoms with Gasteiger partial charge in [-0.15, -0.1) is 0 Å². The van der Waals surface area contributed by atoms with E-state index in [1.165, 1.54) is 25.7 Å². The van der Waals surface area contributed by atoms with Crippen LogP contribution in [0.15, 0.2) is 0 Å². The second kappa shape index (κ2) is 8.74. The van der Waals surface area contributed by atoms with E-state index in [1.54, 1.807) is 0 Å². The summed E-state index contributed by atoms with van der Waals surface area (Å²) in [5, 5.41) is 6.55. The molecular weight excluding hydrogens is 264 g/mol. The summed E-state index contributed by atoms with van der Waals surface area (Å²) in [7, 11) is 0. The lowest BCUT2D eigenvalue weighted by molar-refractivity contribution is -0.125. The maximum atomic E-state index is 12.3. The van der Waals surface area contributed by atoms with Crippen LogP contribution in [0.3, 0.4) is 0 Å². The lowest BCUT2D eigenvalue weighted by Crippen LogP contribution is -2.44. The molecule has 1 saturated heterocycles. The highest BCUT2D eigenvalue weighted by molar-refractivity contribution is 5.79. The Bertz CT molecular complexity index is 314. The van der Waals surface area contributed by atoms with E-state index in [2.05, 4.69) is 24.5 Å². The fourth-order valence-electron chi connectivity index (χ4n) is 3.49. The Labute approximate surface area is 129 Å². The van der Waals surface area contributed by atoms with E-state index in [0.717, 1.165) is 37.8 Å². The van der Waals surface area contributed by atoms with Gasteiger partial charge in [0.15, 0.2) is 0 Å². The molecule has 4 heteroatoms. The molecule has 0 radical (unpaired) electrons. The minimum atomic E-state index is -0.0112. The Morgan fingerprint density at radius 3 is 2.62 bits per heavy atom. The molecule has 0 spiro atoms. The summed E-state index contributed by atoms with van der Waals surface area (Å²) in [6.45, 7) is 7.50. The third-order valence-electron chi connectivity index (χ3n) is 5.06. The van der Waals surface area contributed by atoms with E-state index in [4.69, 9.17) is 4.74 Å². The minimum absolute atomic E-state index is 0.0112. The van der Waals surface area contributed by atoms with Gasteiger partial charge in [0.25, 0.3) is 0 Å². The number of nitrogens with one attached hydrogen (secondary N) is 2. The van der Waals surface area contributed by atoms with Crippen LogP contribution in [0.4, 0.5) is 0 Å². The Morgan fingerprint density at radius 1 is 1.14 bits per heavy atom. The number of hydrogen-bond donors (Lipinski definition) is 2. The molecule has 21 heavy (non-hydrogen) atoms. The second-order valence-electron chi connectivity index (χ2n) is 6.91. The number of rotatable bonds is 7. The van der Waals surface area contributed by atoms with Crippen molar-refractivity contribution < 1.29 is 9.53 Å². The molecular formula is C17H32N2O2. The summed E-state index contributed by atoms with van der Waals surface area (Å²) in [5.41, 5.74) is 0. The van der Waals surface area contributed by atoms with E-state index in [-0.39, 0.29) is 17.9 Å². The molecule has 122 valence electrons. The second-order valence-corrected chi connectivity index (χ2v) is 6.91. The molecule has 2 fully saturated rings. The molecule has 2 aliphatic rings. The molecule has 2 atom stereocenters. The molecule has 1 aliphatic heterocycles. The van der Waals surface area contributed by atoms with Crippen molar-refractivity contribution in [1.82, 2.24) is 10.6 Å². The zero-order valence-electron chi connectivity index (χ0n) is 13.7. The molecule has 1 amide bonds. The van der Waals surface area contributed by atoms with Crippen LogP contribution in [0, 0.1) is 17.8 Å².